The summed E-state index contributed by atoms with van der Waals surface area (Å²) in [5, 5.41) is 4.64. The fraction of sp³-hybridized carbons (Fsp3) is 0.375. The average molecular weight is 336 g/mol. The van der Waals surface area contributed by atoms with E-state index in [1.54, 1.807) is 18.2 Å². The average Bonchev–Trinajstić information content (AvgIpc) is 2.57. The quantitative estimate of drug-likeness (QED) is 0.504. The molecule has 0 aromatic heterocycles. The number of ketones is 1. The maximum atomic E-state index is 11.8. The zero-order chi connectivity index (χ0) is 18.1. The normalized spacial score (nSPS) is 9.79. The highest BCUT2D eigenvalue weighted by Gasteiger charge is 2.14. The van der Waals surface area contributed by atoms with Crippen LogP contribution in [-0.2, 0) is 25.5 Å². The first kappa shape index (κ1) is 19.1. The largest absolute Gasteiger partial charge is 0.496 e. The molecule has 1 aromatic carbocycles. The van der Waals surface area contributed by atoms with Gasteiger partial charge in [0.15, 0.2) is 12.4 Å². The first-order valence-electron chi connectivity index (χ1n) is 7.18. The van der Waals surface area contributed by atoms with Crippen LogP contribution < -0.4 is 15.4 Å². The molecule has 0 bridgehead atoms. The van der Waals surface area contributed by atoms with Crippen LogP contribution in [0.15, 0.2) is 18.2 Å². The molecule has 0 aliphatic heterocycles. The highest BCUT2D eigenvalue weighted by molar-refractivity contribution is 5.94. The number of amides is 2. The second-order valence-electron chi connectivity index (χ2n) is 4.87. The van der Waals surface area contributed by atoms with E-state index in [9.17, 15) is 19.2 Å². The molecule has 2 N–H and O–H groups in total. The Labute approximate surface area is 139 Å². The highest BCUT2D eigenvalue weighted by atomic mass is 16.5. The van der Waals surface area contributed by atoms with E-state index in [2.05, 4.69) is 10.6 Å². The number of carbonyl (C=O) groups excluding carboxylic acids is 4. The van der Waals surface area contributed by atoms with Crippen molar-refractivity contribution in [3.05, 3.63) is 29.3 Å². The SMILES string of the molecule is CNC(=O)CNC(=O)COC(=O)Cc1cc(C(C)=O)ccc1OC. The number of ether oxygens (including phenoxy) is 2. The molecule has 0 atom stereocenters. The molecule has 0 unspecified atom stereocenters. The number of benzene rings is 1. The molecule has 0 spiro atoms. The van der Waals surface area contributed by atoms with Crippen LogP contribution >= 0.6 is 0 Å². The van der Waals surface area contributed by atoms with E-state index in [-0.39, 0.29) is 24.7 Å². The van der Waals surface area contributed by atoms with E-state index < -0.39 is 18.5 Å². The van der Waals surface area contributed by atoms with Crippen molar-refractivity contribution in [2.24, 2.45) is 0 Å². The summed E-state index contributed by atoms with van der Waals surface area (Å²) in [4.78, 5) is 45.7. The standard InChI is InChI=1S/C16H20N2O6/c1-10(19)11-4-5-13(23-3)12(6-11)7-16(22)24-9-15(21)18-8-14(20)17-2/h4-6H,7-9H2,1-3H3,(H,17,20)(H,18,21). The maximum Gasteiger partial charge on any atom is 0.310 e. The molecule has 2 amide bonds. The molecule has 0 saturated heterocycles. The van der Waals surface area contributed by atoms with Crippen LogP contribution in [0.25, 0.3) is 0 Å². The molecule has 130 valence electrons. The van der Waals surface area contributed by atoms with Crippen LogP contribution in [0.3, 0.4) is 0 Å². The summed E-state index contributed by atoms with van der Waals surface area (Å²) >= 11 is 0. The van der Waals surface area contributed by atoms with Gasteiger partial charge in [-0.2, -0.15) is 0 Å². The monoisotopic (exact) mass is 336 g/mol. The zero-order valence-electron chi connectivity index (χ0n) is 13.8. The number of rotatable bonds is 8. The van der Waals surface area contributed by atoms with Crippen molar-refractivity contribution in [2.45, 2.75) is 13.3 Å². The van der Waals surface area contributed by atoms with Gasteiger partial charge >= 0.3 is 5.97 Å². The Morgan fingerprint density at radius 1 is 1.12 bits per heavy atom. The van der Waals surface area contributed by atoms with Crippen molar-refractivity contribution < 1.29 is 28.7 Å². The minimum absolute atomic E-state index is 0.138. The van der Waals surface area contributed by atoms with Crippen molar-refractivity contribution >= 4 is 23.6 Å². The van der Waals surface area contributed by atoms with E-state index in [1.165, 1.54) is 21.1 Å². The predicted molar refractivity (Wildman–Crippen MR) is 84.7 cm³/mol. The maximum absolute atomic E-state index is 11.8. The van der Waals surface area contributed by atoms with Crippen LogP contribution in [0.4, 0.5) is 0 Å². The van der Waals surface area contributed by atoms with Gasteiger partial charge in [0.1, 0.15) is 5.75 Å². The molecular weight excluding hydrogens is 316 g/mol. The third-order valence-electron chi connectivity index (χ3n) is 3.11. The fourth-order valence-electron chi connectivity index (χ4n) is 1.81. The summed E-state index contributed by atoms with van der Waals surface area (Å²) in [5.74, 6) is -1.29. The Morgan fingerprint density at radius 3 is 2.42 bits per heavy atom. The van der Waals surface area contributed by atoms with Crippen LogP contribution in [0, 0.1) is 0 Å². The summed E-state index contributed by atoms with van der Waals surface area (Å²) in [5.41, 5.74) is 0.933. The Morgan fingerprint density at radius 2 is 1.83 bits per heavy atom. The lowest BCUT2D eigenvalue weighted by Gasteiger charge is -2.10. The number of hydrogen-bond donors (Lipinski definition) is 2. The minimum atomic E-state index is -0.649. The number of carbonyl (C=O) groups is 4. The first-order chi connectivity index (χ1) is 11.4. The summed E-state index contributed by atoms with van der Waals surface area (Å²) in [7, 11) is 2.89. The van der Waals surface area contributed by atoms with Crippen LogP contribution in [-0.4, -0.2) is 50.9 Å². The van der Waals surface area contributed by atoms with Gasteiger partial charge in [0.05, 0.1) is 20.1 Å². The number of hydrogen-bond acceptors (Lipinski definition) is 6. The summed E-state index contributed by atoms with van der Waals surface area (Å²) < 4.78 is 9.99. The highest BCUT2D eigenvalue weighted by Crippen LogP contribution is 2.21. The van der Waals surface area contributed by atoms with Crippen molar-refractivity contribution in [3.63, 3.8) is 0 Å². The van der Waals surface area contributed by atoms with Gasteiger partial charge in [-0.3, -0.25) is 19.2 Å². The van der Waals surface area contributed by atoms with Gasteiger partial charge in [-0.1, -0.05) is 0 Å². The summed E-state index contributed by atoms with van der Waals surface area (Å²) in [6.07, 6.45) is -0.146. The van der Waals surface area contributed by atoms with Crippen molar-refractivity contribution in [1.82, 2.24) is 10.6 Å². The summed E-state index contributed by atoms with van der Waals surface area (Å²) in [6, 6.07) is 4.74. The van der Waals surface area contributed by atoms with Crippen LogP contribution in [0.1, 0.15) is 22.8 Å². The van der Waals surface area contributed by atoms with Gasteiger partial charge in [-0.05, 0) is 25.1 Å². The Balaban J connectivity index is 2.58. The first-order valence-corrected chi connectivity index (χ1v) is 7.18. The molecular formula is C16H20N2O6. The Hall–Kier alpha value is -2.90. The molecule has 0 heterocycles. The smallest absolute Gasteiger partial charge is 0.310 e. The lowest BCUT2D eigenvalue weighted by Crippen LogP contribution is -2.37. The molecule has 1 rings (SSSR count). The Kier molecular flexibility index (Phi) is 7.41. The van der Waals surface area contributed by atoms with Gasteiger partial charge in [0.25, 0.3) is 5.91 Å². The van der Waals surface area contributed by atoms with E-state index in [1.807, 2.05) is 0 Å². The van der Waals surface area contributed by atoms with Crippen molar-refractivity contribution in [3.8, 4) is 5.75 Å². The van der Waals surface area contributed by atoms with Gasteiger partial charge in [0.2, 0.25) is 5.91 Å². The molecule has 0 aliphatic rings. The zero-order valence-corrected chi connectivity index (χ0v) is 13.8. The number of likely N-dealkylation sites (N-methyl/N-ethyl adjacent to an activating group) is 1. The number of methoxy groups -OCH3 is 1. The number of Topliss-reactive ketones (excluding diaryl/α,β-unsaturated/α-hetero) is 1. The second-order valence-corrected chi connectivity index (χ2v) is 4.87. The predicted octanol–water partition coefficient (Wildman–Crippen LogP) is -0.154. The molecule has 8 heteroatoms. The third-order valence-corrected chi connectivity index (χ3v) is 3.11. The fourth-order valence-corrected chi connectivity index (χ4v) is 1.81. The topological polar surface area (TPSA) is 111 Å². The molecule has 0 aliphatic carbocycles. The van der Waals surface area contributed by atoms with E-state index >= 15 is 0 Å². The molecule has 0 saturated carbocycles. The number of nitrogens with one attached hydrogen (secondary N) is 2. The van der Waals surface area contributed by atoms with Gasteiger partial charge in [-0.15, -0.1) is 0 Å². The second kappa shape index (κ2) is 9.29. The van der Waals surface area contributed by atoms with Crippen molar-refractivity contribution in [2.75, 3.05) is 27.3 Å². The molecule has 8 nitrogen and oxygen atoms in total. The van der Waals surface area contributed by atoms with E-state index in [4.69, 9.17) is 9.47 Å². The lowest BCUT2D eigenvalue weighted by molar-refractivity contribution is -0.148. The number of esters is 1. The van der Waals surface area contributed by atoms with E-state index in [0.29, 0.717) is 16.9 Å². The van der Waals surface area contributed by atoms with E-state index in [0.717, 1.165) is 0 Å². The van der Waals surface area contributed by atoms with Gasteiger partial charge in [0, 0.05) is 18.2 Å². The summed E-state index contributed by atoms with van der Waals surface area (Å²) in [6.45, 7) is 0.729. The molecule has 0 radical (unpaired) electrons. The third kappa shape index (κ3) is 6.07. The molecule has 1 aromatic rings. The minimum Gasteiger partial charge on any atom is -0.496 e. The van der Waals surface area contributed by atoms with Gasteiger partial charge in [-0.25, -0.2) is 0 Å². The van der Waals surface area contributed by atoms with Crippen LogP contribution in [0.5, 0.6) is 5.75 Å². The Bertz CT molecular complexity index is 641. The van der Waals surface area contributed by atoms with Crippen LogP contribution in [0.2, 0.25) is 0 Å². The van der Waals surface area contributed by atoms with Crippen molar-refractivity contribution in [1.29, 1.82) is 0 Å². The molecule has 0 fully saturated rings. The van der Waals surface area contributed by atoms with Gasteiger partial charge < -0.3 is 20.1 Å². The molecule has 24 heavy (non-hydrogen) atoms. The lowest BCUT2D eigenvalue weighted by atomic mass is 10.0.